The standard InChI is InChI=1S/C23H28N4O3S/c1-3-27(4-2)31(29,30)19-8-5-7-18(15-19)23(28)26-13-10-17(11-14-26)21-16-25-22-20(21)9-6-12-24-22/h5-9,12,15-17H,3-4,10-11,13-14H2,1-2H3,(H,24,25). The van der Waals surface area contributed by atoms with Crippen molar-refractivity contribution in [3.8, 4) is 0 Å². The second-order valence-corrected chi connectivity index (χ2v) is 9.77. The van der Waals surface area contributed by atoms with E-state index in [1.807, 2.05) is 31.0 Å². The first-order valence-corrected chi connectivity index (χ1v) is 12.2. The number of hydrogen-bond acceptors (Lipinski definition) is 4. The first-order chi connectivity index (χ1) is 15.0. The molecule has 1 fully saturated rings. The average Bonchev–Trinajstić information content (AvgIpc) is 3.24. The first-order valence-electron chi connectivity index (χ1n) is 10.8. The van der Waals surface area contributed by atoms with E-state index in [4.69, 9.17) is 0 Å². The van der Waals surface area contributed by atoms with Crippen LogP contribution in [-0.2, 0) is 10.0 Å². The Balaban J connectivity index is 1.48. The van der Waals surface area contributed by atoms with Crippen molar-refractivity contribution in [2.24, 2.45) is 0 Å². The molecular weight excluding hydrogens is 412 g/mol. The second-order valence-electron chi connectivity index (χ2n) is 7.83. The molecule has 3 aromatic rings. The number of carbonyl (C=O) groups is 1. The van der Waals surface area contributed by atoms with E-state index in [1.54, 1.807) is 24.4 Å². The zero-order chi connectivity index (χ0) is 22.0. The molecule has 1 aliphatic rings. The third kappa shape index (κ3) is 4.09. The topological polar surface area (TPSA) is 86.4 Å². The molecule has 1 N–H and O–H groups in total. The van der Waals surface area contributed by atoms with Crippen LogP contribution in [0.25, 0.3) is 11.0 Å². The number of piperidine rings is 1. The van der Waals surface area contributed by atoms with Crippen LogP contribution >= 0.6 is 0 Å². The van der Waals surface area contributed by atoms with Gasteiger partial charge in [-0.25, -0.2) is 13.4 Å². The third-order valence-electron chi connectivity index (χ3n) is 6.13. The molecule has 7 nitrogen and oxygen atoms in total. The molecule has 1 aromatic carbocycles. The van der Waals surface area contributed by atoms with Crippen LogP contribution in [0.3, 0.4) is 0 Å². The van der Waals surface area contributed by atoms with E-state index < -0.39 is 10.0 Å². The summed E-state index contributed by atoms with van der Waals surface area (Å²) in [7, 11) is -3.59. The Morgan fingerprint density at radius 1 is 1.16 bits per heavy atom. The molecule has 164 valence electrons. The molecule has 2 aromatic heterocycles. The van der Waals surface area contributed by atoms with Gasteiger partial charge in [-0.2, -0.15) is 4.31 Å². The van der Waals surface area contributed by atoms with Gasteiger partial charge in [-0.3, -0.25) is 4.79 Å². The van der Waals surface area contributed by atoms with Crippen molar-refractivity contribution in [1.29, 1.82) is 0 Å². The van der Waals surface area contributed by atoms with Gasteiger partial charge in [0.05, 0.1) is 4.90 Å². The Hall–Kier alpha value is -2.71. The zero-order valence-corrected chi connectivity index (χ0v) is 18.7. The first kappa shape index (κ1) is 21.5. The van der Waals surface area contributed by atoms with Gasteiger partial charge in [-0.1, -0.05) is 19.9 Å². The average molecular weight is 441 g/mol. The minimum Gasteiger partial charge on any atom is -0.346 e. The summed E-state index contributed by atoms with van der Waals surface area (Å²) in [4.78, 5) is 22.7. The number of sulfonamides is 1. The summed E-state index contributed by atoms with van der Waals surface area (Å²) >= 11 is 0. The number of H-pyrrole nitrogens is 1. The summed E-state index contributed by atoms with van der Waals surface area (Å²) < 4.78 is 27.0. The van der Waals surface area contributed by atoms with Gasteiger partial charge in [0.1, 0.15) is 5.65 Å². The number of benzene rings is 1. The Kier molecular flexibility index (Phi) is 6.11. The van der Waals surface area contributed by atoms with Crippen LogP contribution in [0.15, 0.2) is 53.7 Å². The minimum absolute atomic E-state index is 0.115. The zero-order valence-electron chi connectivity index (χ0n) is 17.9. The van der Waals surface area contributed by atoms with Crippen molar-refractivity contribution in [2.45, 2.75) is 37.5 Å². The van der Waals surface area contributed by atoms with Gasteiger partial charge in [-0.15, -0.1) is 0 Å². The van der Waals surface area contributed by atoms with Crippen LogP contribution < -0.4 is 0 Å². The largest absolute Gasteiger partial charge is 0.346 e. The highest BCUT2D eigenvalue weighted by atomic mass is 32.2. The Morgan fingerprint density at radius 2 is 1.90 bits per heavy atom. The molecule has 8 heteroatoms. The lowest BCUT2D eigenvalue weighted by molar-refractivity contribution is 0.0713. The van der Waals surface area contributed by atoms with Crippen molar-refractivity contribution < 1.29 is 13.2 Å². The summed E-state index contributed by atoms with van der Waals surface area (Å²) in [5.74, 6) is 0.256. The smallest absolute Gasteiger partial charge is 0.253 e. The SMILES string of the molecule is CCN(CC)S(=O)(=O)c1cccc(C(=O)N2CCC(c3c[nH]c4ncccc34)CC2)c1. The number of aromatic amines is 1. The van der Waals surface area contributed by atoms with Crippen LogP contribution in [0.1, 0.15) is 48.5 Å². The van der Waals surface area contributed by atoms with E-state index in [9.17, 15) is 13.2 Å². The van der Waals surface area contributed by atoms with Crippen molar-refractivity contribution in [1.82, 2.24) is 19.2 Å². The fourth-order valence-corrected chi connectivity index (χ4v) is 5.90. The van der Waals surface area contributed by atoms with E-state index in [2.05, 4.69) is 16.0 Å². The number of likely N-dealkylation sites (tertiary alicyclic amines) is 1. The number of aromatic nitrogens is 2. The number of carbonyl (C=O) groups excluding carboxylic acids is 1. The van der Waals surface area contributed by atoms with Gasteiger partial charge < -0.3 is 9.88 Å². The number of pyridine rings is 1. The Morgan fingerprint density at radius 3 is 2.61 bits per heavy atom. The summed E-state index contributed by atoms with van der Waals surface area (Å²) in [5, 5.41) is 1.14. The molecule has 0 saturated carbocycles. The number of nitrogens with one attached hydrogen (secondary N) is 1. The van der Waals surface area contributed by atoms with Crippen LogP contribution in [0.5, 0.6) is 0 Å². The van der Waals surface area contributed by atoms with Gasteiger partial charge in [0.2, 0.25) is 10.0 Å². The van der Waals surface area contributed by atoms with E-state index in [0.29, 0.717) is 37.7 Å². The van der Waals surface area contributed by atoms with Crippen LogP contribution in [0, 0.1) is 0 Å². The molecule has 0 unspecified atom stereocenters. The van der Waals surface area contributed by atoms with Crippen LogP contribution in [-0.4, -0.2) is 59.7 Å². The highest BCUT2D eigenvalue weighted by Gasteiger charge is 2.28. The molecule has 0 radical (unpaired) electrons. The molecule has 1 aliphatic heterocycles. The maximum absolute atomic E-state index is 13.1. The van der Waals surface area contributed by atoms with Gasteiger partial charge in [-0.05, 0) is 54.7 Å². The van der Waals surface area contributed by atoms with Crippen molar-refractivity contribution >= 4 is 27.0 Å². The van der Waals surface area contributed by atoms with E-state index in [-0.39, 0.29) is 10.8 Å². The van der Waals surface area contributed by atoms with Crippen LogP contribution in [0.2, 0.25) is 0 Å². The summed E-state index contributed by atoms with van der Waals surface area (Å²) in [6, 6.07) is 10.4. The van der Waals surface area contributed by atoms with E-state index in [1.165, 1.54) is 15.9 Å². The van der Waals surface area contributed by atoms with Gasteiger partial charge in [0.15, 0.2) is 0 Å². The highest BCUT2D eigenvalue weighted by molar-refractivity contribution is 7.89. The monoisotopic (exact) mass is 440 g/mol. The molecule has 4 rings (SSSR count). The summed E-state index contributed by atoms with van der Waals surface area (Å²) in [5.41, 5.74) is 2.56. The second kappa shape index (κ2) is 8.80. The molecule has 1 amide bonds. The minimum atomic E-state index is -3.59. The van der Waals surface area contributed by atoms with Crippen LogP contribution in [0.4, 0.5) is 0 Å². The molecule has 3 heterocycles. The van der Waals surface area contributed by atoms with Gasteiger partial charge in [0, 0.05) is 49.5 Å². The van der Waals surface area contributed by atoms with E-state index in [0.717, 1.165) is 23.9 Å². The summed E-state index contributed by atoms with van der Waals surface area (Å²) in [6.45, 7) is 5.70. The Labute approximate surface area is 183 Å². The lowest BCUT2D eigenvalue weighted by Gasteiger charge is -2.32. The molecule has 0 aliphatic carbocycles. The highest BCUT2D eigenvalue weighted by Crippen LogP contribution is 2.33. The predicted molar refractivity (Wildman–Crippen MR) is 121 cm³/mol. The lowest BCUT2D eigenvalue weighted by Crippen LogP contribution is -2.38. The molecule has 1 saturated heterocycles. The Bertz CT molecular complexity index is 1180. The molecular formula is C23H28N4O3S. The van der Waals surface area contributed by atoms with E-state index >= 15 is 0 Å². The normalized spacial score (nSPS) is 15.6. The van der Waals surface area contributed by atoms with Crippen molar-refractivity contribution in [2.75, 3.05) is 26.2 Å². The fraction of sp³-hybridized carbons (Fsp3) is 0.391. The number of nitrogens with zero attached hydrogens (tertiary/aromatic N) is 3. The van der Waals surface area contributed by atoms with Gasteiger partial charge >= 0.3 is 0 Å². The maximum atomic E-state index is 13.1. The fourth-order valence-electron chi connectivity index (χ4n) is 4.39. The lowest BCUT2D eigenvalue weighted by atomic mass is 9.89. The van der Waals surface area contributed by atoms with Crippen molar-refractivity contribution in [3.05, 3.63) is 59.9 Å². The molecule has 0 atom stereocenters. The predicted octanol–water partition coefficient (Wildman–Crippen LogP) is 3.61. The molecule has 0 spiro atoms. The maximum Gasteiger partial charge on any atom is 0.253 e. The third-order valence-corrected chi connectivity index (χ3v) is 8.18. The number of fused-ring (bicyclic) bond motifs is 1. The molecule has 0 bridgehead atoms. The number of rotatable bonds is 6. The van der Waals surface area contributed by atoms with Crippen molar-refractivity contribution in [3.63, 3.8) is 0 Å². The summed E-state index contributed by atoms with van der Waals surface area (Å²) in [6.07, 6.45) is 5.54. The molecule has 31 heavy (non-hydrogen) atoms. The number of hydrogen-bond donors (Lipinski definition) is 1. The van der Waals surface area contributed by atoms with Gasteiger partial charge in [0.25, 0.3) is 5.91 Å². The number of amides is 1. The quantitative estimate of drug-likeness (QED) is 0.634.